The molecule has 0 radical (unpaired) electrons. The first-order chi connectivity index (χ1) is 11.0. The van der Waals surface area contributed by atoms with Gasteiger partial charge >= 0.3 is 0 Å². The number of piperidine rings is 1. The molecular weight excluding hydrogens is 290 g/mol. The Morgan fingerprint density at radius 3 is 2.35 bits per heavy atom. The van der Waals surface area contributed by atoms with Crippen molar-refractivity contribution in [3.63, 3.8) is 0 Å². The molecule has 1 saturated carbocycles. The van der Waals surface area contributed by atoms with Crippen LogP contribution in [-0.4, -0.2) is 48.3 Å². The molecule has 1 aliphatic carbocycles. The van der Waals surface area contributed by atoms with Crippen LogP contribution in [0.15, 0.2) is 24.3 Å². The summed E-state index contributed by atoms with van der Waals surface area (Å²) in [5.41, 5.74) is 1.87. The van der Waals surface area contributed by atoms with Gasteiger partial charge in [-0.05, 0) is 36.5 Å². The molecule has 0 aromatic heterocycles. The fraction of sp³-hybridized carbons (Fsp3) is 0.632. The van der Waals surface area contributed by atoms with E-state index in [4.69, 9.17) is 4.74 Å². The number of hydrogen-bond donors (Lipinski definition) is 1. The molecule has 1 aromatic carbocycles. The van der Waals surface area contributed by atoms with Crippen LogP contribution in [0, 0.1) is 5.41 Å². The Kier molecular flexibility index (Phi) is 4.47. The lowest BCUT2D eigenvalue weighted by Gasteiger charge is -2.56. The molecule has 23 heavy (non-hydrogen) atoms. The quantitative estimate of drug-likeness (QED) is 0.932. The molecule has 0 unspecified atom stereocenters. The molecule has 0 bridgehead atoms. The fourth-order valence-corrected chi connectivity index (χ4v) is 4.03. The summed E-state index contributed by atoms with van der Waals surface area (Å²) in [7, 11) is 1.71. The summed E-state index contributed by atoms with van der Waals surface area (Å²) in [6.07, 6.45) is 2.22. The Labute approximate surface area is 138 Å². The molecule has 126 valence electrons. The molecule has 1 aromatic rings. The molecule has 4 heteroatoms. The average Bonchev–Trinajstić information content (AvgIpc) is 2.59. The molecule has 4 nitrogen and oxygen atoms in total. The predicted octanol–water partition coefficient (Wildman–Crippen LogP) is 2.81. The topological polar surface area (TPSA) is 49.8 Å². The van der Waals surface area contributed by atoms with Crippen LogP contribution < -0.4 is 0 Å². The zero-order valence-electron chi connectivity index (χ0n) is 14.3. The molecule has 1 heterocycles. The normalized spacial score (nSPS) is 26.4. The number of nitrogens with zero attached hydrogens (tertiary/aromatic N) is 1. The van der Waals surface area contributed by atoms with Gasteiger partial charge < -0.3 is 14.7 Å². The molecule has 1 N–H and O–H groups in total. The molecular formula is C19H27NO3. The van der Waals surface area contributed by atoms with Crippen LogP contribution in [0.1, 0.15) is 54.9 Å². The van der Waals surface area contributed by atoms with Crippen LogP contribution in [0.2, 0.25) is 0 Å². The first-order valence-electron chi connectivity index (χ1n) is 8.58. The summed E-state index contributed by atoms with van der Waals surface area (Å²) < 4.78 is 5.50. The highest BCUT2D eigenvalue weighted by atomic mass is 16.5. The molecule has 1 amide bonds. The van der Waals surface area contributed by atoms with Crippen molar-refractivity contribution in [3.8, 4) is 0 Å². The van der Waals surface area contributed by atoms with Gasteiger partial charge in [-0.15, -0.1) is 0 Å². The monoisotopic (exact) mass is 317 g/mol. The largest absolute Gasteiger partial charge is 0.392 e. The van der Waals surface area contributed by atoms with Crippen LogP contribution in [-0.2, 0) is 4.74 Å². The van der Waals surface area contributed by atoms with Crippen molar-refractivity contribution < 1.29 is 14.6 Å². The van der Waals surface area contributed by atoms with E-state index < -0.39 is 0 Å². The van der Waals surface area contributed by atoms with Crippen molar-refractivity contribution in [2.24, 2.45) is 5.41 Å². The van der Waals surface area contributed by atoms with Gasteiger partial charge in [0, 0.05) is 37.6 Å². The van der Waals surface area contributed by atoms with Crippen LogP contribution in [0.3, 0.4) is 0 Å². The van der Waals surface area contributed by atoms with Crippen LogP contribution >= 0.6 is 0 Å². The van der Waals surface area contributed by atoms with E-state index in [9.17, 15) is 9.90 Å². The maximum atomic E-state index is 12.7. The molecule has 2 aliphatic rings. The first kappa shape index (κ1) is 16.5. The van der Waals surface area contributed by atoms with E-state index in [0.29, 0.717) is 19.0 Å². The lowest BCUT2D eigenvalue weighted by atomic mass is 9.58. The second-order valence-electron chi connectivity index (χ2n) is 7.28. The minimum Gasteiger partial charge on any atom is -0.392 e. The highest BCUT2D eigenvalue weighted by Gasteiger charge is 2.56. The summed E-state index contributed by atoms with van der Waals surface area (Å²) >= 11 is 0. The third-order valence-electron chi connectivity index (χ3n) is 5.83. The number of likely N-dealkylation sites (tertiary alicyclic amines) is 1. The second kappa shape index (κ2) is 6.25. The van der Waals surface area contributed by atoms with Gasteiger partial charge in [-0.1, -0.05) is 26.0 Å². The summed E-state index contributed by atoms with van der Waals surface area (Å²) in [4.78, 5) is 14.6. The zero-order chi connectivity index (χ0) is 16.6. The van der Waals surface area contributed by atoms with E-state index in [-0.39, 0.29) is 23.5 Å². The lowest BCUT2D eigenvalue weighted by molar-refractivity contribution is -0.199. The standard InChI is InChI=1S/C19H27NO3/c1-13(2)14-4-6-15(7-5-14)18(22)20-10-8-19(9-11-20)16(21)12-17(19)23-3/h4-7,13,16-17,21H,8-12H2,1-3H3/t16-,17+/m1/s1. The summed E-state index contributed by atoms with van der Waals surface area (Å²) in [6, 6.07) is 7.94. The minimum atomic E-state index is -0.282. The third kappa shape index (κ3) is 2.79. The second-order valence-corrected chi connectivity index (χ2v) is 7.28. The van der Waals surface area contributed by atoms with Crippen molar-refractivity contribution in [1.29, 1.82) is 0 Å². The van der Waals surface area contributed by atoms with Gasteiger partial charge in [-0.2, -0.15) is 0 Å². The predicted molar refractivity (Wildman–Crippen MR) is 89.5 cm³/mol. The van der Waals surface area contributed by atoms with Gasteiger partial charge in [0.2, 0.25) is 0 Å². The molecule has 3 rings (SSSR count). The fourth-order valence-electron chi connectivity index (χ4n) is 4.03. The molecule has 1 aliphatic heterocycles. The van der Waals surface area contributed by atoms with Crippen molar-refractivity contribution in [1.82, 2.24) is 4.90 Å². The van der Waals surface area contributed by atoms with Gasteiger partial charge in [0.05, 0.1) is 12.2 Å². The smallest absolute Gasteiger partial charge is 0.253 e. The SMILES string of the molecule is CO[C@H]1C[C@@H](O)C12CCN(C(=O)c1ccc(C(C)C)cc1)CC2. The molecule has 2 atom stereocenters. The van der Waals surface area contributed by atoms with Crippen LogP contribution in [0.25, 0.3) is 0 Å². The summed E-state index contributed by atoms with van der Waals surface area (Å²) in [6.45, 7) is 5.69. The Bertz CT molecular complexity index is 558. The van der Waals surface area contributed by atoms with Crippen LogP contribution in [0.5, 0.6) is 0 Å². The number of amides is 1. The van der Waals surface area contributed by atoms with E-state index >= 15 is 0 Å². The van der Waals surface area contributed by atoms with E-state index in [0.717, 1.165) is 24.8 Å². The minimum absolute atomic E-state index is 0.0953. The highest BCUT2D eigenvalue weighted by molar-refractivity contribution is 5.94. The van der Waals surface area contributed by atoms with Crippen molar-refractivity contribution in [2.45, 2.75) is 51.2 Å². The average molecular weight is 317 g/mol. The Hall–Kier alpha value is -1.39. The number of benzene rings is 1. The number of carbonyl (C=O) groups is 1. The van der Waals surface area contributed by atoms with Gasteiger partial charge in [0.15, 0.2) is 0 Å². The highest BCUT2D eigenvalue weighted by Crippen LogP contribution is 2.50. The van der Waals surface area contributed by atoms with Crippen LogP contribution in [0.4, 0.5) is 0 Å². The van der Waals surface area contributed by atoms with E-state index in [2.05, 4.69) is 13.8 Å². The number of rotatable bonds is 3. The van der Waals surface area contributed by atoms with Gasteiger partial charge in [-0.3, -0.25) is 4.79 Å². The lowest BCUT2D eigenvalue weighted by Crippen LogP contribution is -2.62. The Balaban J connectivity index is 1.64. The Morgan fingerprint density at radius 2 is 1.87 bits per heavy atom. The van der Waals surface area contributed by atoms with Gasteiger partial charge in [0.1, 0.15) is 0 Å². The van der Waals surface area contributed by atoms with Gasteiger partial charge in [-0.25, -0.2) is 0 Å². The number of aliphatic hydroxyl groups is 1. The molecule has 1 spiro atoms. The summed E-state index contributed by atoms with van der Waals surface area (Å²) in [5, 5.41) is 10.2. The van der Waals surface area contributed by atoms with Crippen molar-refractivity contribution in [3.05, 3.63) is 35.4 Å². The van der Waals surface area contributed by atoms with Crippen molar-refractivity contribution in [2.75, 3.05) is 20.2 Å². The van der Waals surface area contributed by atoms with Gasteiger partial charge in [0.25, 0.3) is 5.91 Å². The number of carbonyl (C=O) groups excluding carboxylic acids is 1. The van der Waals surface area contributed by atoms with E-state index in [1.165, 1.54) is 5.56 Å². The molecule has 2 fully saturated rings. The maximum Gasteiger partial charge on any atom is 0.253 e. The first-order valence-corrected chi connectivity index (χ1v) is 8.58. The zero-order valence-corrected chi connectivity index (χ0v) is 14.3. The number of methoxy groups -OCH3 is 1. The molecule has 1 saturated heterocycles. The number of aliphatic hydroxyl groups excluding tert-OH is 1. The number of ether oxygens (including phenoxy) is 1. The van der Waals surface area contributed by atoms with Crippen molar-refractivity contribution >= 4 is 5.91 Å². The maximum absolute atomic E-state index is 12.7. The number of hydrogen-bond acceptors (Lipinski definition) is 3. The third-order valence-corrected chi connectivity index (χ3v) is 5.83. The Morgan fingerprint density at radius 1 is 1.26 bits per heavy atom. The summed E-state index contributed by atoms with van der Waals surface area (Å²) in [5.74, 6) is 0.568. The van der Waals surface area contributed by atoms with E-state index in [1.54, 1.807) is 7.11 Å². The van der Waals surface area contributed by atoms with E-state index in [1.807, 2.05) is 29.2 Å².